The summed E-state index contributed by atoms with van der Waals surface area (Å²) in [6.07, 6.45) is 1.86. The minimum atomic E-state index is -0.937. The summed E-state index contributed by atoms with van der Waals surface area (Å²) in [7, 11) is 1.41. The molecule has 4 nitrogen and oxygen atoms in total. The number of hydrogen-bond donors (Lipinski definition) is 1. The van der Waals surface area contributed by atoms with Crippen LogP contribution in [0.3, 0.4) is 0 Å². The average molecular weight is 441 g/mol. The zero-order valence-corrected chi connectivity index (χ0v) is 21.3. The smallest absolute Gasteiger partial charge is 0.338 e. The number of ether oxygens (including phenoxy) is 2. The molecular weight excluding hydrogens is 400 g/mol. The third-order valence-corrected chi connectivity index (χ3v) is 7.24. The van der Waals surface area contributed by atoms with E-state index in [0.29, 0.717) is 5.56 Å². The van der Waals surface area contributed by atoms with Crippen molar-refractivity contribution in [2.75, 3.05) is 13.7 Å². The van der Waals surface area contributed by atoms with Gasteiger partial charge in [-0.05, 0) is 73.4 Å². The molecule has 0 aromatic heterocycles. The Kier molecular flexibility index (Phi) is 7.83. The van der Waals surface area contributed by atoms with E-state index in [0.717, 1.165) is 29.7 Å². The van der Waals surface area contributed by atoms with Crippen molar-refractivity contribution in [3.8, 4) is 5.75 Å². The molecular formula is C28H40O4. The van der Waals surface area contributed by atoms with Gasteiger partial charge in [-0.25, -0.2) is 4.79 Å². The lowest BCUT2D eigenvalue weighted by atomic mass is 9.70. The van der Waals surface area contributed by atoms with E-state index in [-0.39, 0.29) is 23.4 Å². The van der Waals surface area contributed by atoms with Crippen LogP contribution in [0, 0.1) is 19.3 Å². The Labute approximate surface area is 194 Å². The maximum atomic E-state index is 12.0. The van der Waals surface area contributed by atoms with Crippen LogP contribution in [0.5, 0.6) is 5.75 Å². The Morgan fingerprint density at radius 3 is 1.88 bits per heavy atom. The zero-order valence-electron chi connectivity index (χ0n) is 21.3. The van der Waals surface area contributed by atoms with Gasteiger partial charge in [0, 0.05) is 5.41 Å². The number of carbonyl (C=O) groups excluding carboxylic acids is 1. The molecule has 0 aliphatic carbocycles. The molecule has 0 aliphatic heterocycles. The number of benzene rings is 2. The molecule has 0 bridgehead atoms. The van der Waals surface area contributed by atoms with Crippen LogP contribution in [0.15, 0.2) is 36.4 Å². The van der Waals surface area contributed by atoms with Crippen molar-refractivity contribution in [1.29, 1.82) is 0 Å². The molecule has 0 heterocycles. The van der Waals surface area contributed by atoms with Crippen LogP contribution in [0.2, 0.25) is 0 Å². The molecule has 0 saturated carbocycles. The molecule has 2 aromatic carbocycles. The van der Waals surface area contributed by atoms with Gasteiger partial charge in [0.05, 0.1) is 12.7 Å². The predicted molar refractivity (Wildman–Crippen MR) is 131 cm³/mol. The number of methoxy groups -OCH3 is 1. The zero-order chi connectivity index (χ0) is 24.3. The molecule has 0 saturated heterocycles. The lowest BCUT2D eigenvalue weighted by Gasteiger charge is -2.37. The average Bonchev–Trinajstić information content (AvgIpc) is 2.73. The van der Waals surface area contributed by atoms with Crippen molar-refractivity contribution >= 4 is 5.97 Å². The van der Waals surface area contributed by atoms with Gasteiger partial charge in [0.25, 0.3) is 0 Å². The minimum absolute atomic E-state index is 0.167. The molecule has 4 heteroatoms. The predicted octanol–water partition coefficient (Wildman–Crippen LogP) is 6.37. The van der Waals surface area contributed by atoms with Crippen LogP contribution in [-0.4, -0.2) is 30.4 Å². The summed E-state index contributed by atoms with van der Waals surface area (Å²) in [6, 6.07) is 12.4. The van der Waals surface area contributed by atoms with Gasteiger partial charge in [-0.15, -0.1) is 0 Å². The molecule has 176 valence electrons. The number of hydrogen-bond acceptors (Lipinski definition) is 4. The van der Waals surface area contributed by atoms with Crippen molar-refractivity contribution in [3.63, 3.8) is 0 Å². The van der Waals surface area contributed by atoms with Crippen LogP contribution in [0.1, 0.15) is 87.0 Å². The van der Waals surface area contributed by atoms with E-state index < -0.39 is 5.60 Å². The highest BCUT2D eigenvalue weighted by molar-refractivity contribution is 5.91. The van der Waals surface area contributed by atoms with Gasteiger partial charge in [0.1, 0.15) is 18.0 Å². The van der Waals surface area contributed by atoms with Crippen molar-refractivity contribution in [3.05, 3.63) is 64.2 Å². The van der Waals surface area contributed by atoms with Gasteiger partial charge in [0.15, 0.2) is 0 Å². The first-order valence-electron chi connectivity index (χ1n) is 11.5. The van der Waals surface area contributed by atoms with Crippen molar-refractivity contribution in [2.24, 2.45) is 5.41 Å². The maximum Gasteiger partial charge on any atom is 0.338 e. The highest BCUT2D eigenvalue weighted by Gasteiger charge is 2.36. The molecule has 32 heavy (non-hydrogen) atoms. The second-order valence-corrected chi connectivity index (χ2v) is 10.1. The normalized spacial score (nSPS) is 14.1. The van der Waals surface area contributed by atoms with Crippen molar-refractivity contribution in [1.82, 2.24) is 0 Å². The van der Waals surface area contributed by atoms with Crippen LogP contribution in [0.4, 0.5) is 0 Å². The summed E-state index contributed by atoms with van der Waals surface area (Å²) >= 11 is 0. The number of rotatable bonds is 8. The third-order valence-electron chi connectivity index (χ3n) is 7.24. The van der Waals surface area contributed by atoms with E-state index in [1.165, 1.54) is 18.2 Å². The molecule has 2 aromatic rings. The van der Waals surface area contributed by atoms with Gasteiger partial charge in [-0.1, -0.05) is 58.9 Å². The maximum absolute atomic E-state index is 12.0. The number of carbonyl (C=O) groups is 1. The summed E-state index contributed by atoms with van der Waals surface area (Å²) in [5.74, 6) is 0.479. The fraction of sp³-hybridized carbons (Fsp3) is 0.536. The Hall–Kier alpha value is -2.33. The Morgan fingerprint density at radius 1 is 0.906 bits per heavy atom. The van der Waals surface area contributed by atoms with Crippen molar-refractivity contribution in [2.45, 2.75) is 79.2 Å². The summed E-state index contributed by atoms with van der Waals surface area (Å²) in [5, 5.41) is 10.8. The SMILES string of the molecule is CCC(CC)(c1ccc(OCC(C)(O)C(C)(C)C)c(C)c1)c1ccc(C(=O)OC)c(C)c1. The second kappa shape index (κ2) is 9.66. The van der Waals surface area contributed by atoms with Crippen LogP contribution < -0.4 is 4.74 Å². The highest BCUT2D eigenvalue weighted by Crippen LogP contribution is 2.41. The number of aryl methyl sites for hydroxylation is 2. The lowest BCUT2D eigenvalue weighted by molar-refractivity contribution is -0.0725. The second-order valence-electron chi connectivity index (χ2n) is 10.1. The molecule has 0 amide bonds. The van der Waals surface area contributed by atoms with E-state index in [9.17, 15) is 9.90 Å². The molecule has 1 atom stereocenters. The monoisotopic (exact) mass is 440 g/mol. The topological polar surface area (TPSA) is 55.8 Å². The highest BCUT2D eigenvalue weighted by atomic mass is 16.5. The van der Waals surface area contributed by atoms with Gasteiger partial charge < -0.3 is 14.6 Å². The molecule has 2 rings (SSSR count). The Morgan fingerprint density at radius 2 is 1.44 bits per heavy atom. The summed E-state index contributed by atoms with van der Waals surface area (Å²) in [6.45, 7) is 16.5. The number of aliphatic hydroxyl groups is 1. The standard InChI is InChI=1S/C28H40O4/c1-10-28(11-2,21-12-14-23(19(3)16-21)25(29)31-9)22-13-15-24(20(4)17-22)32-18-27(8,30)26(5,6)7/h12-17,30H,10-11,18H2,1-9H3. The fourth-order valence-electron chi connectivity index (χ4n) is 4.08. The van der Waals surface area contributed by atoms with Crippen molar-refractivity contribution < 1.29 is 19.4 Å². The molecule has 0 fully saturated rings. The summed E-state index contributed by atoms with van der Waals surface area (Å²) in [4.78, 5) is 12.0. The molecule has 0 spiro atoms. The summed E-state index contributed by atoms with van der Waals surface area (Å²) in [5.41, 5.74) is 3.59. The minimum Gasteiger partial charge on any atom is -0.490 e. The fourth-order valence-corrected chi connectivity index (χ4v) is 4.08. The first kappa shape index (κ1) is 25.9. The van der Waals surface area contributed by atoms with Gasteiger partial charge in [-0.3, -0.25) is 0 Å². The summed E-state index contributed by atoms with van der Waals surface area (Å²) < 4.78 is 10.9. The molecule has 0 radical (unpaired) electrons. The first-order valence-corrected chi connectivity index (χ1v) is 11.5. The quantitative estimate of drug-likeness (QED) is 0.484. The Balaban J connectivity index is 2.41. The number of esters is 1. The van der Waals surface area contributed by atoms with Gasteiger partial charge in [-0.2, -0.15) is 0 Å². The van der Waals surface area contributed by atoms with Crippen LogP contribution >= 0.6 is 0 Å². The third kappa shape index (κ3) is 5.01. The first-order chi connectivity index (χ1) is 14.8. The van der Waals surface area contributed by atoms with Gasteiger partial charge >= 0.3 is 5.97 Å². The molecule has 1 N–H and O–H groups in total. The van der Waals surface area contributed by atoms with E-state index in [2.05, 4.69) is 32.0 Å². The van der Waals surface area contributed by atoms with E-state index in [1.807, 2.05) is 59.7 Å². The van der Waals surface area contributed by atoms with Gasteiger partial charge in [0.2, 0.25) is 0 Å². The lowest BCUT2D eigenvalue weighted by Crippen LogP contribution is -2.45. The Bertz CT molecular complexity index is 946. The molecule has 1 unspecified atom stereocenters. The van der Waals surface area contributed by atoms with E-state index in [4.69, 9.17) is 9.47 Å². The van der Waals surface area contributed by atoms with Crippen LogP contribution in [0.25, 0.3) is 0 Å². The molecule has 0 aliphatic rings. The largest absolute Gasteiger partial charge is 0.490 e. The van der Waals surface area contributed by atoms with Crippen LogP contribution in [-0.2, 0) is 10.2 Å². The van der Waals surface area contributed by atoms with E-state index in [1.54, 1.807) is 0 Å². The van der Waals surface area contributed by atoms with E-state index >= 15 is 0 Å².